The van der Waals surface area contributed by atoms with Gasteiger partial charge >= 0.3 is 5.97 Å². The van der Waals surface area contributed by atoms with Gasteiger partial charge in [0.1, 0.15) is 5.78 Å². The monoisotopic (exact) mass is 244 g/mol. The molecule has 3 nitrogen and oxygen atoms in total. The fourth-order valence-corrected chi connectivity index (χ4v) is 3.30. The molecule has 2 fully saturated rings. The fraction of sp³-hybridized carbons (Fsp3) is 0.467. The number of esters is 1. The summed E-state index contributed by atoms with van der Waals surface area (Å²) in [6.07, 6.45) is 3.05. The van der Waals surface area contributed by atoms with Gasteiger partial charge in [-0.15, -0.1) is 0 Å². The van der Waals surface area contributed by atoms with Crippen LogP contribution < -0.4 is 0 Å². The zero-order valence-electron chi connectivity index (χ0n) is 10.4. The van der Waals surface area contributed by atoms with Gasteiger partial charge in [0.2, 0.25) is 0 Å². The number of fused-ring (bicyclic) bond motifs is 1. The Hall–Kier alpha value is -1.64. The maximum absolute atomic E-state index is 11.9. The van der Waals surface area contributed by atoms with Crippen LogP contribution in [0.5, 0.6) is 0 Å². The van der Waals surface area contributed by atoms with Crippen molar-refractivity contribution in [2.75, 3.05) is 6.61 Å². The van der Waals surface area contributed by atoms with Crippen LogP contribution in [0, 0.1) is 5.92 Å². The van der Waals surface area contributed by atoms with Crippen molar-refractivity contribution in [2.45, 2.75) is 31.6 Å². The molecule has 2 unspecified atom stereocenters. The van der Waals surface area contributed by atoms with Crippen LogP contribution in [0.3, 0.4) is 0 Å². The number of ether oxygens (including phenoxy) is 1. The summed E-state index contributed by atoms with van der Waals surface area (Å²) < 4.78 is 5.00. The van der Waals surface area contributed by atoms with Crippen LogP contribution in [-0.2, 0) is 14.9 Å². The van der Waals surface area contributed by atoms with Gasteiger partial charge in [0, 0.05) is 5.92 Å². The van der Waals surface area contributed by atoms with Gasteiger partial charge in [-0.2, -0.15) is 0 Å². The number of carbonyl (C=O) groups excluding carboxylic acids is 2. The Morgan fingerprint density at radius 2 is 2.33 bits per heavy atom. The molecular weight excluding hydrogens is 228 g/mol. The highest BCUT2D eigenvalue weighted by atomic mass is 16.5. The molecule has 1 aromatic carbocycles. The van der Waals surface area contributed by atoms with Crippen molar-refractivity contribution in [3.63, 3.8) is 0 Å². The molecule has 0 heterocycles. The number of Topliss-reactive ketones (excluding diaryl/α,β-unsaturated/α-hetero) is 1. The third kappa shape index (κ3) is 1.43. The van der Waals surface area contributed by atoms with Crippen molar-refractivity contribution in [1.29, 1.82) is 0 Å². The minimum Gasteiger partial charge on any atom is -0.462 e. The first-order chi connectivity index (χ1) is 8.70. The van der Waals surface area contributed by atoms with E-state index >= 15 is 0 Å². The highest BCUT2D eigenvalue weighted by Gasteiger charge is 2.67. The minimum atomic E-state index is -0.307. The van der Waals surface area contributed by atoms with Crippen molar-refractivity contribution in [3.8, 4) is 0 Å². The number of carbonyl (C=O) groups is 2. The second-order valence-corrected chi connectivity index (χ2v) is 5.08. The number of ketones is 1. The lowest BCUT2D eigenvalue weighted by Gasteiger charge is -2.11. The summed E-state index contributed by atoms with van der Waals surface area (Å²) >= 11 is 0. The number of hydrogen-bond acceptors (Lipinski definition) is 3. The average molecular weight is 244 g/mol. The predicted octanol–water partition coefficient (Wildman–Crippen LogP) is 2.48. The first kappa shape index (κ1) is 11.5. The Morgan fingerprint density at radius 1 is 1.50 bits per heavy atom. The summed E-state index contributed by atoms with van der Waals surface area (Å²) in [5, 5.41) is 0. The molecule has 2 aliphatic carbocycles. The van der Waals surface area contributed by atoms with E-state index < -0.39 is 0 Å². The Kier molecular flexibility index (Phi) is 2.51. The quantitative estimate of drug-likeness (QED) is 0.767. The van der Waals surface area contributed by atoms with E-state index in [-0.39, 0.29) is 17.3 Å². The molecule has 94 valence electrons. The Bertz CT molecular complexity index is 520. The van der Waals surface area contributed by atoms with E-state index in [0.717, 1.165) is 24.8 Å². The highest BCUT2D eigenvalue weighted by Crippen LogP contribution is 2.60. The molecular formula is C15H16O3. The van der Waals surface area contributed by atoms with Crippen LogP contribution in [-0.4, -0.2) is 18.4 Å². The fourth-order valence-electron chi connectivity index (χ4n) is 3.30. The SMILES string of the molecule is CCOC(=O)c1cccc(C23CCCC2C3=O)c1. The minimum absolute atomic E-state index is 0.204. The van der Waals surface area contributed by atoms with Crippen LogP contribution in [0.1, 0.15) is 42.1 Å². The summed E-state index contributed by atoms with van der Waals surface area (Å²) in [6, 6.07) is 7.39. The standard InChI is InChI=1S/C15H16O3/c1-2-18-14(17)10-5-3-6-11(9-10)15-8-4-7-12(15)13(15)16/h3,5-6,9,12H,2,4,7-8H2,1H3. The molecule has 3 rings (SSSR count). The van der Waals surface area contributed by atoms with Crippen LogP contribution in [0.15, 0.2) is 24.3 Å². The molecule has 0 N–H and O–H groups in total. The molecule has 0 aliphatic heterocycles. The van der Waals surface area contributed by atoms with Gasteiger partial charge in [0.15, 0.2) is 0 Å². The smallest absolute Gasteiger partial charge is 0.338 e. The van der Waals surface area contributed by atoms with E-state index in [1.165, 1.54) is 0 Å². The maximum atomic E-state index is 11.9. The Morgan fingerprint density at radius 3 is 3.00 bits per heavy atom. The Balaban J connectivity index is 1.93. The summed E-state index contributed by atoms with van der Waals surface area (Å²) in [5.41, 5.74) is 1.29. The molecule has 18 heavy (non-hydrogen) atoms. The van der Waals surface area contributed by atoms with Crippen molar-refractivity contribution in [2.24, 2.45) is 5.92 Å². The van der Waals surface area contributed by atoms with E-state index in [0.29, 0.717) is 18.0 Å². The number of benzene rings is 1. The summed E-state index contributed by atoms with van der Waals surface area (Å²) in [4.78, 5) is 23.6. The van der Waals surface area contributed by atoms with Gasteiger partial charge in [-0.3, -0.25) is 4.79 Å². The van der Waals surface area contributed by atoms with Gasteiger partial charge in [-0.1, -0.05) is 18.6 Å². The number of hydrogen-bond donors (Lipinski definition) is 0. The van der Waals surface area contributed by atoms with Crippen LogP contribution in [0.25, 0.3) is 0 Å². The van der Waals surface area contributed by atoms with Gasteiger partial charge in [0.05, 0.1) is 17.6 Å². The second kappa shape index (κ2) is 3.94. The lowest BCUT2D eigenvalue weighted by atomic mass is 9.92. The summed E-state index contributed by atoms with van der Waals surface area (Å²) in [5.74, 6) is 0.253. The first-order valence-electron chi connectivity index (χ1n) is 6.52. The third-order valence-corrected chi connectivity index (χ3v) is 4.22. The van der Waals surface area contributed by atoms with Gasteiger partial charge in [0.25, 0.3) is 0 Å². The van der Waals surface area contributed by atoms with Gasteiger partial charge in [-0.05, 0) is 37.5 Å². The first-order valence-corrected chi connectivity index (χ1v) is 6.52. The maximum Gasteiger partial charge on any atom is 0.338 e. The van der Waals surface area contributed by atoms with E-state index in [4.69, 9.17) is 4.74 Å². The molecule has 0 radical (unpaired) electrons. The van der Waals surface area contributed by atoms with Crippen molar-refractivity contribution in [3.05, 3.63) is 35.4 Å². The molecule has 1 aromatic rings. The zero-order chi connectivity index (χ0) is 12.8. The van der Waals surface area contributed by atoms with Gasteiger partial charge in [-0.25, -0.2) is 4.79 Å². The molecule has 0 aromatic heterocycles. The lowest BCUT2D eigenvalue weighted by Crippen LogP contribution is -2.11. The molecule has 0 saturated heterocycles. The van der Waals surface area contributed by atoms with Crippen molar-refractivity contribution >= 4 is 11.8 Å². The third-order valence-electron chi connectivity index (χ3n) is 4.22. The van der Waals surface area contributed by atoms with Crippen molar-refractivity contribution < 1.29 is 14.3 Å². The summed E-state index contributed by atoms with van der Waals surface area (Å²) in [7, 11) is 0. The Labute approximate surface area is 106 Å². The molecule has 2 atom stereocenters. The molecule has 0 bridgehead atoms. The zero-order valence-corrected chi connectivity index (χ0v) is 10.4. The van der Waals surface area contributed by atoms with E-state index in [2.05, 4.69) is 0 Å². The number of rotatable bonds is 3. The normalized spacial score (nSPS) is 28.9. The second-order valence-electron chi connectivity index (χ2n) is 5.08. The largest absolute Gasteiger partial charge is 0.462 e. The molecule has 2 aliphatic rings. The molecule has 0 spiro atoms. The molecule has 2 saturated carbocycles. The summed E-state index contributed by atoms with van der Waals surface area (Å²) in [6.45, 7) is 2.16. The lowest BCUT2D eigenvalue weighted by molar-refractivity contribution is -0.113. The highest BCUT2D eigenvalue weighted by molar-refractivity contribution is 6.10. The van der Waals surface area contributed by atoms with Crippen LogP contribution >= 0.6 is 0 Å². The topological polar surface area (TPSA) is 43.4 Å². The van der Waals surface area contributed by atoms with E-state index in [1.807, 2.05) is 18.2 Å². The van der Waals surface area contributed by atoms with Crippen molar-refractivity contribution in [1.82, 2.24) is 0 Å². The molecule has 3 heteroatoms. The molecule has 0 amide bonds. The van der Waals surface area contributed by atoms with Crippen LogP contribution in [0.4, 0.5) is 0 Å². The van der Waals surface area contributed by atoms with E-state index in [9.17, 15) is 9.59 Å². The van der Waals surface area contributed by atoms with Gasteiger partial charge < -0.3 is 4.74 Å². The predicted molar refractivity (Wildman–Crippen MR) is 66.4 cm³/mol. The van der Waals surface area contributed by atoms with E-state index in [1.54, 1.807) is 13.0 Å². The average Bonchev–Trinajstić information content (AvgIpc) is 2.78. The van der Waals surface area contributed by atoms with Crippen LogP contribution in [0.2, 0.25) is 0 Å².